The molecule has 1 fully saturated rings. The maximum atomic E-state index is 14.2. The summed E-state index contributed by atoms with van der Waals surface area (Å²) in [6.07, 6.45) is 2.72. The molecule has 2 aromatic carbocycles. The van der Waals surface area contributed by atoms with Crippen molar-refractivity contribution < 1.29 is 14.6 Å². The zero-order valence-corrected chi connectivity index (χ0v) is 21.4. The number of phenolic OH excluding ortho intramolecular Hbond substituents is 1. The molecule has 1 unspecified atom stereocenters. The highest BCUT2D eigenvalue weighted by atomic mass is 35.5. The minimum atomic E-state index is -0.793. The lowest BCUT2D eigenvalue weighted by Crippen LogP contribution is -2.43. The van der Waals surface area contributed by atoms with E-state index in [0.29, 0.717) is 27.9 Å². The third-order valence-electron chi connectivity index (χ3n) is 6.66. The number of hydrogen-bond donors (Lipinski definition) is 4. The third-order valence-corrected chi connectivity index (χ3v) is 6.94. The highest BCUT2D eigenvalue weighted by Gasteiger charge is 2.21. The summed E-state index contributed by atoms with van der Waals surface area (Å²) in [6, 6.07) is 12.3. The Labute approximate surface area is 219 Å². The van der Waals surface area contributed by atoms with Crippen LogP contribution in [0.1, 0.15) is 25.5 Å². The molecule has 9 heteroatoms. The molecule has 0 amide bonds. The number of aliphatic hydroxyl groups is 1. The number of fused-ring (bicyclic) bond motifs is 1. The molecule has 7 nitrogen and oxygen atoms in total. The van der Waals surface area contributed by atoms with Crippen molar-refractivity contribution in [2.45, 2.75) is 20.0 Å². The van der Waals surface area contributed by atoms with Gasteiger partial charge >= 0.3 is 0 Å². The molecule has 1 atom stereocenters. The van der Waals surface area contributed by atoms with Crippen molar-refractivity contribution >= 4 is 39.7 Å². The third kappa shape index (κ3) is 5.18. The van der Waals surface area contributed by atoms with Crippen molar-refractivity contribution in [2.75, 3.05) is 36.4 Å². The van der Waals surface area contributed by atoms with Gasteiger partial charge in [0.15, 0.2) is 11.6 Å². The fourth-order valence-electron chi connectivity index (χ4n) is 4.53. The smallest absolute Gasteiger partial charge is 0.170 e. The molecule has 4 N–H and O–H groups in total. The van der Waals surface area contributed by atoms with Crippen molar-refractivity contribution in [3.8, 4) is 16.9 Å². The van der Waals surface area contributed by atoms with Gasteiger partial charge in [-0.25, -0.2) is 9.37 Å². The van der Waals surface area contributed by atoms with E-state index in [2.05, 4.69) is 25.5 Å². The van der Waals surface area contributed by atoms with Crippen LogP contribution in [0.5, 0.6) is 5.75 Å². The van der Waals surface area contributed by atoms with Crippen LogP contribution in [0.15, 0.2) is 54.9 Å². The van der Waals surface area contributed by atoms with Gasteiger partial charge in [-0.3, -0.25) is 4.98 Å². The fourth-order valence-corrected chi connectivity index (χ4v) is 4.74. The maximum absolute atomic E-state index is 14.2. The Morgan fingerprint density at radius 3 is 2.49 bits per heavy atom. The Morgan fingerprint density at radius 1 is 1.03 bits per heavy atom. The summed E-state index contributed by atoms with van der Waals surface area (Å²) in [5.74, 6) is -0.489. The van der Waals surface area contributed by atoms with E-state index < -0.39 is 17.7 Å². The number of halogens is 2. The first-order valence-electron chi connectivity index (χ1n) is 12.3. The monoisotopic (exact) mass is 521 g/mol. The summed E-state index contributed by atoms with van der Waals surface area (Å²) in [5.41, 5.74) is 4.05. The lowest BCUT2D eigenvalue weighted by Gasteiger charge is -2.28. The molecule has 0 spiro atoms. The second-order valence-electron chi connectivity index (χ2n) is 9.56. The molecule has 5 rings (SSSR count). The van der Waals surface area contributed by atoms with Crippen molar-refractivity contribution in [3.05, 3.63) is 71.3 Å². The van der Waals surface area contributed by atoms with E-state index in [4.69, 9.17) is 11.6 Å². The van der Waals surface area contributed by atoms with Gasteiger partial charge in [0.25, 0.3) is 0 Å². The number of aliphatic hydroxyl groups excluding tert-OH is 1. The number of anilines is 3. The first-order chi connectivity index (χ1) is 17.8. The summed E-state index contributed by atoms with van der Waals surface area (Å²) in [6.45, 7) is 7.56. The molecular weight excluding hydrogens is 493 g/mol. The first kappa shape index (κ1) is 25.2. The number of pyridine rings is 2. The van der Waals surface area contributed by atoms with E-state index in [1.54, 1.807) is 12.4 Å². The Bertz CT molecular complexity index is 1400. The highest BCUT2D eigenvalue weighted by molar-refractivity contribution is 6.32. The number of rotatable bonds is 6. The lowest BCUT2D eigenvalue weighted by molar-refractivity contribution is 0.127. The molecule has 0 bridgehead atoms. The Hall–Kier alpha value is -3.46. The predicted octanol–water partition coefficient (Wildman–Crippen LogP) is 5.64. The van der Waals surface area contributed by atoms with E-state index in [-0.39, 0.29) is 10.9 Å². The number of benzene rings is 2. The Kier molecular flexibility index (Phi) is 7.15. The van der Waals surface area contributed by atoms with Crippen LogP contribution in [0.2, 0.25) is 5.02 Å². The maximum Gasteiger partial charge on any atom is 0.170 e. The van der Waals surface area contributed by atoms with E-state index in [1.807, 2.05) is 44.2 Å². The van der Waals surface area contributed by atoms with Crippen LogP contribution in [0, 0.1) is 11.7 Å². The largest absolute Gasteiger partial charge is 0.504 e. The van der Waals surface area contributed by atoms with Gasteiger partial charge in [0, 0.05) is 43.3 Å². The number of nitrogens with one attached hydrogen (secondary N) is 2. The molecule has 2 aromatic heterocycles. The molecule has 1 aliphatic heterocycles. The SMILES string of the molecule is CC(C)C(O)c1cnc2ccc(-c3cc(F)c(O)c(Cl)c3)cc2c1Nc1ccc(N2CCNCC2)nc1. The zero-order chi connectivity index (χ0) is 26.1. The second-order valence-corrected chi connectivity index (χ2v) is 9.97. The number of aromatic nitrogens is 2. The van der Waals surface area contributed by atoms with Crippen LogP contribution in [-0.4, -0.2) is 46.4 Å². The highest BCUT2D eigenvalue weighted by Crippen LogP contribution is 2.38. The van der Waals surface area contributed by atoms with Crippen molar-refractivity contribution in [1.82, 2.24) is 15.3 Å². The summed E-state index contributed by atoms with van der Waals surface area (Å²) in [5, 5.41) is 28.3. The molecule has 0 saturated carbocycles. The van der Waals surface area contributed by atoms with Crippen LogP contribution in [0.25, 0.3) is 22.0 Å². The molecule has 37 heavy (non-hydrogen) atoms. The van der Waals surface area contributed by atoms with Gasteiger partial charge in [-0.15, -0.1) is 0 Å². The summed E-state index contributed by atoms with van der Waals surface area (Å²) >= 11 is 6.03. The number of aromatic hydroxyl groups is 1. The quantitative estimate of drug-likeness (QED) is 0.261. The van der Waals surface area contributed by atoms with E-state index in [0.717, 1.165) is 43.1 Å². The van der Waals surface area contributed by atoms with Gasteiger partial charge in [0.05, 0.1) is 34.2 Å². The van der Waals surface area contributed by atoms with Gasteiger partial charge in [0.2, 0.25) is 0 Å². The van der Waals surface area contributed by atoms with Crippen LogP contribution in [-0.2, 0) is 0 Å². The van der Waals surface area contributed by atoms with Crippen LogP contribution in [0.4, 0.5) is 21.6 Å². The predicted molar refractivity (Wildman–Crippen MR) is 146 cm³/mol. The van der Waals surface area contributed by atoms with Crippen molar-refractivity contribution in [3.63, 3.8) is 0 Å². The average molecular weight is 522 g/mol. The molecule has 1 aliphatic rings. The van der Waals surface area contributed by atoms with E-state index in [1.165, 1.54) is 12.1 Å². The summed E-state index contributed by atoms with van der Waals surface area (Å²) in [4.78, 5) is 11.5. The number of piperazine rings is 1. The molecular formula is C28H29ClFN5O2. The second kappa shape index (κ2) is 10.5. The topological polar surface area (TPSA) is 93.5 Å². The van der Waals surface area contributed by atoms with Crippen LogP contribution < -0.4 is 15.5 Å². The molecule has 4 aromatic rings. The first-order valence-corrected chi connectivity index (χ1v) is 12.7. The number of phenols is 1. The molecule has 1 saturated heterocycles. The van der Waals surface area contributed by atoms with Gasteiger partial charge in [-0.2, -0.15) is 0 Å². The minimum Gasteiger partial charge on any atom is -0.504 e. The van der Waals surface area contributed by atoms with E-state index in [9.17, 15) is 14.6 Å². The van der Waals surface area contributed by atoms with Crippen molar-refractivity contribution in [2.24, 2.45) is 5.92 Å². The van der Waals surface area contributed by atoms with E-state index >= 15 is 0 Å². The fraction of sp³-hybridized carbons (Fsp3) is 0.286. The Balaban J connectivity index is 1.58. The minimum absolute atomic E-state index is 0.0406. The number of nitrogens with zero attached hydrogens (tertiary/aromatic N) is 3. The summed E-state index contributed by atoms with van der Waals surface area (Å²) in [7, 11) is 0. The lowest BCUT2D eigenvalue weighted by atomic mass is 9.95. The zero-order valence-electron chi connectivity index (χ0n) is 20.7. The normalized spacial score (nSPS) is 14.8. The van der Waals surface area contributed by atoms with Gasteiger partial charge in [-0.1, -0.05) is 31.5 Å². The molecule has 3 heterocycles. The van der Waals surface area contributed by atoms with Gasteiger partial charge < -0.3 is 25.7 Å². The summed E-state index contributed by atoms with van der Waals surface area (Å²) < 4.78 is 14.2. The standard InChI is InChI=1S/C28H29ClFN5O2/c1-16(2)27(36)21-15-32-24-5-3-17(18-12-22(29)28(37)23(30)13-18)11-20(24)26(21)34-19-4-6-25(33-14-19)35-9-7-31-8-10-35/h3-6,11-16,27,31,36-37H,7-10H2,1-2H3,(H,32,34). The average Bonchev–Trinajstić information content (AvgIpc) is 2.92. The van der Waals surface area contributed by atoms with Gasteiger partial charge in [0.1, 0.15) is 5.82 Å². The number of hydrogen-bond acceptors (Lipinski definition) is 7. The van der Waals surface area contributed by atoms with Crippen molar-refractivity contribution in [1.29, 1.82) is 0 Å². The Morgan fingerprint density at radius 2 is 1.81 bits per heavy atom. The molecule has 0 aliphatic carbocycles. The van der Waals surface area contributed by atoms with Gasteiger partial charge in [-0.05, 0) is 53.4 Å². The van der Waals surface area contributed by atoms with Crippen LogP contribution in [0.3, 0.4) is 0 Å². The molecule has 192 valence electrons. The van der Waals surface area contributed by atoms with Crippen LogP contribution >= 0.6 is 11.6 Å². The molecule has 0 radical (unpaired) electrons.